The van der Waals surface area contributed by atoms with Gasteiger partial charge in [-0.05, 0) is 37.3 Å². The fourth-order valence-corrected chi connectivity index (χ4v) is 2.29. The maximum atomic E-state index is 12.3. The van der Waals surface area contributed by atoms with E-state index in [0.717, 1.165) is 17.2 Å². The van der Waals surface area contributed by atoms with Crippen molar-refractivity contribution in [2.75, 3.05) is 25.5 Å². The van der Waals surface area contributed by atoms with Gasteiger partial charge in [0.2, 0.25) is 0 Å². The second-order valence-corrected chi connectivity index (χ2v) is 5.92. The number of nitrogens with one attached hydrogen (secondary N) is 2. The molecule has 0 fully saturated rings. The van der Waals surface area contributed by atoms with Crippen molar-refractivity contribution >= 4 is 23.2 Å². The van der Waals surface area contributed by atoms with Gasteiger partial charge in [-0.25, -0.2) is 0 Å². The lowest BCUT2D eigenvalue weighted by Gasteiger charge is -2.21. The van der Waals surface area contributed by atoms with E-state index < -0.39 is 0 Å². The molecule has 0 bridgehead atoms. The van der Waals surface area contributed by atoms with Crippen LogP contribution in [0.5, 0.6) is 5.75 Å². The van der Waals surface area contributed by atoms with Crippen LogP contribution in [0.2, 0.25) is 5.02 Å². The normalized spacial score (nSPS) is 13.2. The SMILES string of the molecule is C[C@H](C(=O)Nc1cccc(Cl)c1)[NH+](C)CCOc1ccccc1. The lowest BCUT2D eigenvalue weighted by Crippen LogP contribution is -3.14. The molecule has 2 aromatic rings. The Hall–Kier alpha value is -2.04. The van der Waals surface area contributed by atoms with Crippen LogP contribution in [0.1, 0.15) is 6.92 Å². The molecule has 2 rings (SSSR count). The van der Waals surface area contributed by atoms with Crippen molar-refractivity contribution in [3.05, 3.63) is 59.6 Å². The van der Waals surface area contributed by atoms with E-state index in [4.69, 9.17) is 16.3 Å². The molecule has 2 atom stereocenters. The Bertz CT molecular complexity index is 634. The van der Waals surface area contributed by atoms with Crippen LogP contribution in [-0.4, -0.2) is 32.1 Å². The minimum atomic E-state index is -0.187. The number of halogens is 1. The average Bonchev–Trinajstić information content (AvgIpc) is 2.55. The van der Waals surface area contributed by atoms with E-state index in [0.29, 0.717) is 17.3 Å². The maximum Gasteiger partial charge on any atom is 0.282 e. The van der Waals surface area contributed by atoms with Gasteiger partial charge in [0.15, 0.2) is 6.04 Å². The second-order valence-electron chi connectivity index (χ2n) is 5.48. The smallest absolute Gasteiger partial charge is 0.282 e. The fraction of sp³-hybridized carbons (Fsp3) is 0.278. The number of para-hydroxylation sites is 1. The van der Waals surface area contributed by atoms with Gasteiger partial charge in [0.25, 0.3) is 5.91 Å². The number of ether oxygens (including phenoxy) is 1. The minimum absolute atomic E-state index is 0.0375. The largest absolute Gasteiger partial charge is 0.488 e. The van der Waals surface area contributed by atoms with Crippen molar-refractivity contribution in [1.82, 2.24) is 0 Å². The number of hydrogen-bond donors (Lipinski definition) is 2. The predicted molar refractivity (Wildman–Crippen MR) is 93.2 cm³/mol. The summed E-state index contributed by atoms with van der Waals surface area (Å²) in [5.74, 6) is 0.806. The summed E-state index contributed by atoms with van der Waals surface area (Å²) in [5, 5.41) is 3.49. The molecule has 1 amide bonds. The summed E-state index contributed by atoms with van der Waals surface area (Å²) in [6, 6.07) is 16.6. The van der Waals surface area contributed by atoms with Crippen molar-refractivity contribution in [3.63, 3.8) is 0 Å². The lowest BCUT2D eigenvalue weighted by atomic mass is 10.2. The molecule has 122 valence electrons. The van der Waals surface area contributed by atoms with Crippen LogP contribution >= 0.6 is 11.6 Å². The van der Waals surface area contributed by atoms with Gasteiger partial charge in [-0.1, -0.05) is 35.9 Å². The number of rotatable bonds is 7. The number of likely N-dealkylation sites (N-methyl/N-ethyl adjacent to an activating group) is 1. The van der Waals surface area contributed by atoms with Crippen molar-refractivity contribution in [2.24, 2.45) is 0 Å². The van der Waals surface area contributed by atoms with Crippen LogP contribution in [0.25, 0.3) is 0 Å². The van der Waals surface area contributed by atoms with Crippen molar-refractivity contribution < 1.29 is 14.4 Å². The zero-order valence-corrected chi connectivity index (χ0v) is 14.1. The Morgan fingerprint density at radius 1 is 1.22 bits per heavy atom. The predicted octanol–water partition coefficient (Wildman–Crippen LogP) is 2.26. The van der Waals surface area contributed by atoms with Gasteiger partial charge in [-0.15, -0.1) is 0 Å². The topological polar surface area (TPSA) is 42.8 Å². The van der Waals surface area contributed by atoms with Crippen molar-refractivity contribution in [3.8, 4) is 5.75 Å². The third-order valence-electron chi connectivity index (χ3n) is 3.73. The van der Waals surface area contributed by atoms with E-state index in [-0.39, 0.29) is 11.9 Å². The zero-order chi connectivity index (χ0) is 16.7. The number of quaternary nitrogens is 1. The highest BCUT2D eigenvalue weighted by Crippen LogP contribution is 2.14. The van der Waals surface area contributed by atoms with Crippen LogP contribution in [0.15, 0.2) is 54.6 Å². The molecule has 2 aromatic carbocycles. The Balaban J connectivity index is 1.79. The first kappa shape index (κ1) is 17.3. The molecule has 0 spiro atoms. The molecule has 0 radical (unpaired) electrons. The Morgan fingerprint density at radius 3 is 2.65 bits per heavy atom. The van der Waals surface area contributed by atoms with E-state index >= 15 is 0 Å². The number of carbonyl (C=O) groups is 1. The van der Waals surface area contributed by atoms with Crippen molar-refractivity contribution in [2.45, 2.75) is 13.0 Å². The first-order valence-corrected chi connectivity index (χ1v) is 8.00. The van der Waals surface area contributed by atoms with Gasteiger partial charge in [0.1, 0.15) is 18.9 Å². The fourth-order valence-electron chi connectivity index (χ4n) is 2.10. The third kappa shape index (κ3) is 5.58. The molecule has 4 nitrogen and oxygen atoms in total. The summed E-state index contributed by atoms with van der Waals surface area (Å²) in [6.45, 7) is 3.20. The number of amides is 1. The van der Waals surface area contributed by atoms with Gasteiger partial charge < -0.3 is 15.0 Å². The molecule has 2 N–H and O–H groups in total. The van der Waals surface area contributed by atoms with Crippen LogP contribution in [-0.2, 0) is 4.79 Å². The minimum Gasteiger partial charge on any atom is -0.488 e. The quantitative estimate of drug-likeness (QED) is 0.816. The molecule has 23 heavy (non-hydrogen) atoms. The monoisotopic (exact) mass is 333 g/mol. The number of benzene rings is 2. The van der Waals surface area contributed by atoms with Crippen LogP contribution in [0, 0.1) is 0 Å². The molecular formula is C18H22ClN2O2+. The molecule has 0 aromatic heterocycles. The standard InChI is InChI=1S/C18H21ClN2O2/c1-14(18(22)20-16-8-6-7-15(19)13-16)21(2)11-12-23-17-9-4-3-5-10-17/h3-10,13-14H,11-12H2,1-2H3,(H,20,22)/p+1/t14-/m1/s1. The molecule has 5 heteroatoms. The Kier molecular flexibility index (Phi) is 6.44. The van der Waals surface area contributed by atoms with Gasteiger partial charge in [0.05, 0.1) is 7.05 Å². The van der Waals surface area contributed by atoms with Gasteiger partial charge in [0, 0.05) is 10.7 Å². The molecule has 1 unspecified atom stereocenters. The van der Waals surface area contributed by atoms with E-state index in [1.165, 1.54) is 0 Å². The molecule has 0 aliphatic heterocycles. The third-order valence-corrected chi connectivity index (χ3v) is 3.97. The summed E-state index contributed by atoms with van der Waals surface area (Å²) in [6.07, 6.45) is 0. The van der Waals surface area contributed by atoms with Crippen molar-refractivity contribution in [1.29, 1.82) is 0 Å². The first-order valence-electron chi connectivity index (χ1n) is 7.63. The van der Waals surface area contributed by atoms with Crippen LogP contribution in [0.3, 0.4) is 0 Å². The summed E-state index contributed by atoms with van der Waals surface area (Å²) in [4.78, 5) is 13.4. The van der Waals surface area contributed by atoms with Crippen LogP contribution in [0.4, 0.5) is 5.69 Å². The molecule has 0 saturated carbocycles. The molecule has 0 aliphatic carbocycles. The summed E-state index contributed by atoms with van der Waals surface area (Å²) >= 11 is 5.92. The number of anilines is 1. The maximum absolute atomic E-state index is 12.3. The van der Waals surface area contributed by atoms with E-state index in [1.54, 1.807) is 12.1 Å². The molecule has 0 aliphatic rings. The van der Waals surface area contributed by atoms with Crippen LogP contribution < -0.4 is 15.0 Å². The molecular weight excluding hydrogens is 312 g/mol. The second kappa shape index (κ2) is 8.56. The summed E-state index contributed by atoms with van der Waals surface area (Å²) < 4.78 is 5.67. The van der Waals surface area contributed by atoms with Gasteiger partial charge >= 0.3 is 0 Å². The zero-order valence-electron chi connectivity index (χ0n) is 13.4. The highest BCUT2D eigenvalue weighted by Gasteiger charge is 2.21. The molecule has 0 heterocycles. The number of hydrogen-bond acceptors (Lipinski definition) is 2. The van der Waals surface area contributed by atoms with E-state index in [9.17, 15) is 4.79 Å². The highest BCUT2D eigenvalue weighted by atomic mass is 35.5. The number of carbonyl (C=O) groups excluding carboxylic acids is 1. The summed E-state index contributed by atoms with van der Waals surface area (Å²) in [5.41, 5.74) is 0.711. The average molecular weight is 334 g/mol. The van der Waals surface area contributed by atoms with E-state index in [2.05, 4.69) is 5.32 Å². The first-order chi connectivity index (χ1) is 11.1. The van der Waals surface area contributed by atoms with Gasteiger partial charge in [-0.3, -0.25) is 4.79 Å². The van der Waals surface area contributed by atoms with E-state index in [1.807, 2.05) is 56.4 Å². The Morgan fingerprint density at radius 2 is 1.96 bits per heavy atom. The molecule has 0 saturated heterocycles. The Labute approximate surface area is 142 Å². The summed E-state index contributed by atoms with van der Waals surface area (Å²) in [7, 11) is 1.98. The lowest BCUT2D eigenvalue weighted by molar-refractivity contribution is -0.894. The highest BCUT2D eigenvalue weighted by molar-refractivity contribution is 6.30. The van der Waals surface area contributed by atoms with Gasteiger partial charge in [-0.2, -0.15) is 0 Å².